The van der Waals surface area contributed by atoms with Gasteiger partial charge in [-0.05, 0) is 19.4 Å². The van der Waals surface area contributed by atoms with Gasteiger partial charge in [-0.3, -0.25) is 4.79 Å². The van der Waals surface area contributed by atoms with Crippen LogP contribution in [0.25, 0.3) is 0 Å². The quantitative estimate of drug-likeness (QED) is 0.577. The fraction of sp³-hybridized carbons (Fsp3) is 0.944. The number of piperidine rings is 1. The van der Waals surface area contributed by atoms with E-state index in [1.807, 2.05) is 18.9 Å². The molecule has 1 aliphatic rings. The highest BCUT2D eigenvalue weighted by atomic mass is 16.2. The van der Waals surface area contributed by atoms with Gasteiger partial charge in [-0.15, -0.1) is 0 Å². The zero-order valence-corrected chi connectivity index (χ0v) is 15.0. The van der Waals surface area contributed by atoms with E-state index in [4.69, 9.17) is 5.73 Å². The van der Waals surface area contributed by atoms with Crippen molar-refractivity contribution in [3.8, 4) is 0 Å². The van der Waals surface area contributed by atoms with E-state index in [1.54, 1.807) is 0 Å². The molecule has 0 bridgehead atoms. The van der Waals surface area contributed by atoms with Crippen LogP contribution in [0.3, 0.4) is 0 Å². The van der Waals surface area contributed by atoms with Crippen LogP contribution in [-0.4, -0.2) is 43.0 Å². The summed E-state index contributed by atoms with van der Waals surface area (Å²) in [5.74, 6) is 0.199. The van der Waals surface area contributed by atoms with Crippen molar-refractivity contribution in [3.63, 3.8) is 0 Å². The first-order valence-electron chi connectivity index (χ1n) is 9.27. The van der Waals surface area contributed by atoms with Crippen molar-refractivity contribution in [1.82, 2.24) is 10.2 Å². The molecule has 0 saturated carbocycles. The molecule has 130 valence electrons. The normalized spacial score (nSPS) is 25.7. The highest BCUT2D eigenvalue weighted by molar-refractivity contribution is 5.80. The molecule has 22 heavy (non-hydrogen) atoms. The first-order chi connectivity index (χ1) is 10.6. The van der Waals surface area contributed by atoms with Gasteiger partial charge in [0.2, 0.25) is 5.91 Å². The molecule has 0 radical (unpaired) electrons. The summed E-state index contributed by atoms with van der Waals surface area (Å²) < 4.78 is 0. The zero-order chi connectivity index (χ0) is 16.4. The van der Waals surface area contributed by atoms with Crippen molar-refractivity contribution >= 4 is 5.91 Å². The van der Waals surface area contributed by atoms with Crippen molar-refractivity contribution in [2.45, 2.75) is 77.2 Å². The van der Waals surface area contributed by atoms with E-state index >= 15 is 0 Å². The molecule has 0 aromatic carbocycles. The third-order valence-electron chi connectivity index (χ3n) is 5.34. The van der Waals surface area contributed by atoms with Crippen LogP contribution >= 0.6 is 0 Å². The SMILES string of the molecule is CCCCCCCCCCNC1(CN)CCN(C)C(=O)C1C. The molecule has 0 aliphatic carbocycles. The Morgan fingerprint density at radius 2 is 1.77 bits per heavy atom. The summed E-state index contributed by atoms with van der Waals surface area (Å²) in [6.07, 6.45) is 11.6. The molecule has 1 fully saturated rings. The van der Waals surface area contributed by atoms with Crippen molar-refractivity contribution in [1.29, 1.82) is 0 Å². The Morgan fingerprint density at radius 1 is 1.18 bits per heavy atom. The molecular formula is C18H37N3O. The molecule has 3 N–H and O–H groups in total. The molecule has 0 aromatic rings. The van der Waals surface area contributed by atoms with Crippen LogP contribution in [0.4, 0.5) is 0 Å². The van der Waals surface area contributed by atoms with Crippen molar-refractivity contribution in [2.24, 2.45) is 11.7 Å². The van der Waals surface area contributed by atoms with Gasteiger partial charge < -0.3 is 16.0 Å². The van der Waals surface area contributed by atoms with Gasteiger partial charge in [-0.2, -0.15) is 0 Å². The predicted octanol–water partition coefficient (Wildman–Crippen LogP) is 2.91. The predicted molar refractivity (Wildman–Crippen MR) is 93.8 cm³/mol. The topological polar surface area (TPSA) is 58.4 Å². The second-order valence-electron chi connectivity index (χ2n) is 6.99. The molecular weight excluding hydrogens is 274 g/mol. The number of nitrogens with zero attached hydrogens (tertiary/aromatic N) is 1. The summed E-state index contributed by atoms with van der Waals surface area (Å²) in [5, 5.41) is 3.62. The minimum atomic E-state index is -0.190. The van der Waals surface area contributed by atoms with Crippen molar-refractivity contribution in [3.05, 3.63) is 0 Å². The zero-order valence-electron chi connectivity index (χ0n) is 15.0. The van der Waals surface area contributed by atoms with Gasteiger partial charge >= 0.3 is 0 Å². The summed E-state index contributed by atoms with van der Waals surface area (Å²) in [7, 11) is 1.89. The van der Waals surface area contributed by atoms with Gasteiger partial charge in [-0.1, -0.05) is 58.8 Å². The number of unbranched alkanes of at least 4 members (excludes halogenated alkanes) is 7. The summed E-state index contributed by atoms with van der Waals surface area (Å²) >= 11 is 0. The van der Waals surface area contributed by atoms with Gasteiger partial charge in [0.25, 0.3) is 0 Å². The Bertz CT molecular complexity index is 321. The molecule has 4 nitrogen and oxygen atoms in total. The molecule has 1 saturated heterocycles. The van der Waals surface area contributed by atoms with E-state index < -0.39 is 0 Å². The maximum absolute atomic E-state index is 12.2. The number of hydrogen-bond acceptors (Lipinski definition) is 3. The lowest BCUT2D eigenvalue weighted by atomic mass is 9.78. The molecule has 4 heteroatoms. The van der Waals surface area contributed by atoms with Crippen LogP contribution in [-0.2, 0) is 4.79 Å². The lowest BCUT2D eigenvalue weighted by Gasteiger charge is -2.45. The summed E-state index contributed by atoms with van der Waals surface area (Å²) in [6.45, 7) is 6.61. The van der Waals surface area contributed by atoms with Crippen LogP contribution in [0.2, 0.25) is 0 Å². The highest BCUT2D eigenvalue weighted by Crippen LogP contribution is 2.27. The minimum absolute atomic E-state index is 0.0229. The first-order valence-corrected chi connectivity index (χ1v) is 9.27. The largest absolute Gasteiger partial charge is 0.345 e. The maximum Gasteiger partial charge on any atom is 0.227 e. The number of carbonyl (C=O) groups is 1. The molecule has 1 amide bonds. The monoisotopic (exact) mass is 311 g/mol. The molecule has 2 atom stereocenters. The van der Waals surface area contributed by atoms with E-state index in [0.717, 1.165) is 19.5 Å². The van der Waals surface area contributed by atoms with E-state index in [0.29, 0.717) is 6.54 Å². The average Bonchev–Trinajstić information content (AvgIpc) is 2.53. The smallest absolute Gasteiger partial charge is 0.227 e. The molecule has 1 rings (SSSR count). The number of amides is 1. The van der Waals surface area contributed by atoms with Crippen LogP contribution < -0.4 is 11.1 Å². The Kier molecular flexibility index (Phi) is 9.03. The molecule has 0 aromatic heterocycles. The van der Waals surface area contributed by atoms with Gasteiger partial charge in [-0.25, -0.2) is 0 Å². The first kappa shape index (κ1) is 19.4. The van der Waals surface area contributed by atoms with E-state index in [9.17, 15) is 4.79 Å². The van der Waals surface area contributed by atoms with Gasteiger partial charge in [0.1, 0.15) is 0 Å². The second kappa shape index (κ2) is 10.2. The summed E-state index contributed by atoms with van der Waals surface area (Å²) in [5.41, 5.74) is 5.82. The highest BCUT2D eigenvalue weighted by Gasteiger charge is 2.43. The van der Waals surface area contributed by atoms with Crippen LogP contribution in [0.5, 0.6) is 0 Å². The number of rotatable bonds is 11. The molecule has 1 aliphatic heterocycles. The summed E-state index contributed by atoms with van der Waals surface area (Å²) in [4.78, 5) is 14.0. The molecule has 1 heterocycles. The fourth-order valence-electron chi connectivity index (χ4n) is 3.45. The van der Waals surface area contributed by atoms with E-state index in [-0.39, 0.29) is 17.4 Å². The standard InChI is InChI=1S/C18H37N3O/c1-4-5-6-7-8-9-10-11-13-20-18(15-19)12-14-21(3)17(22)16(18)2/h16,20H,4-15,19H2,1-3H3. The lowest BCUT2D eigenvalue weighted by molar-refractivity contribution is -0.140. The third kappa shape index (κ3) is 5.54. The number of carbonyl (C=O) groups excluding carboxylic acids is 1. The Hall–Kier alpha value is -0.610. The Balaban J connectivity index is 2.20. The number of nitrogens with one attached hydrogen (secondary N) is 1. The van der Waals surface area contributed by atoms with Crippen molar-refractivity contribution in [2.75, 3.05) is 26.7 Å². The summed E-state index contributed by atoms with van der Waals surface area (Å²) in [6, 6.07) is 0. The lowest BCUT2D eigenvalue weighted by Crippen LogP contribution is -2.64. The average molecular weight is 312 g/mol. The van der Waals surface area contributed by atoms with Crippen LogP contribution in [0.1, 0.15) is 71.6 Å². The van der Waals surface area contributed by atoms with Crippen LogP contribution in [0, 0.1) is 5.92 Å². The Morgan fingerprint density at radius 3 is 2.36 bits per heavy atom. The fourth-order valence-corrected chi connectivity index (χ4v) is 3.45. The third-order valence-corrected chi connectivity index (χ3v) is 5.34. The number of likely N-dealkylation sites (tertiary alicyclic amines) is 1. The number of hydrogen-bond donors (Lipinski definition) is 2. The van der Waals surface area contributed by atoms with Crippen LogP contribution in [0.15, 0.2) is 0 Å². The Labute approximate surface area is 137 Å². The van der Waals surface area contributed by atoms with E-state index in [1.165, 1.54) is 51.4 Å². The van der Waals surface area contributed by atoms with Gasteiger partial charge in [0, 0.05) is 25.7 Å². The van der Waals surface area contributed by atoms with Gasteiger partial charge in [0.15, 0.2) is 0 Å². The number of nitrogens with two attached hydrogens (primary N) is 1. The van der Waals surface area contributed by atoms with Crippen molar-refractivity contribution < 1.29 is 4.79 Å². The maximum atomic E-state index is 12.2. The second-order valence-corrected chi connectivity index (χ2v) is 6.99. The van der Waals surface area contributed by atoms with E-state index in [2.05, 4.69) is 12.2 Å². The molecule has 0 spiro atoms. The van der Waals surface area contributed by atoms with Gasteiger partial charge in [0.05, 0.1) is 5.92 Å². The minimum Gasteiger partial charge on any atom is -0.345 e. The molecule has 2 unspecified atom stereocenters.